The highest BCUT2D eigenvalue weighted by Gasteiger charge is 2.17. The van der Waals surface area contributed by atoms with Gasteiger partial charge in [0.05, 0.1) is 10.6 Å². The lowest BCUT2D eigenvalue weighted by molar-refractivity contribution is 0.0742. The monoisotopic (exact) mass is 343 g/mol. The molecule has 128 valence electrons. The number of benzene rings is 1. The van der Waals surface area contributed by atoms with Crippen molar-refractivity contribution in [3.8, 4) is 10.4 Å². The van der Waals surface area contributed by atoms with Crippen molar-refractivity contribution in [2.45, 2.75) is 39.0 Å². The summed E-state index contributed by atoms with van der Waals surface area (Å²) >= 11 is 1.64. The lowest BCUT2D eigenvalue weighted by Gasteiger charge is -2.24. The Morgan fingerprint density at radius 2 is 1.71 bits per heavy atom. The van der Waals surface area contributed by atoms with Crippen molar-refractivity contribution in [1.29, 1.82) is 0 Å². The Kier molecular flexibility index (Phi) is 5.51. The first-order chi connectivity index (χ1) is 11.7. The van der Waals surface area contributed by atoms with Gasteiger partial charge in [-0.3, -0.25) is 4.79 Å². The Hall–Kier alpha value is -1.88. The molecular weight excluding hydrogens is 318 g/mol. The van der Waals surface area contributed by atoms with Gasteiger partial charge in [-0.15, -0.1) is 0 Å². The van der Waals surface area contributed by atoms with Crippen molar-refractivity contribution in [2.75, 3.05) is 25.5 Å². The Morgan fingerprint density at radius 1 is 1.08 bits per heavy atom. The van der Waals surface area contributed by atoms with Crippen LogP contribution >= 0.6 is 11.3 Å². The van der Waals surface area contributed by atoms with Gasteiger partial charge in [-0.05, 0) is 37.5 Å². The van der Waals surface area contributed by atoms with Gasteiger partial charge in [0.15, 0.2) is 5.13 Å². The third-order valence-electron chi connectivity index (χ3n) is 4.55. The number of likely N-dealkylation sites (tertiary alicyclic amines) is 1. The van der Waals surface area contributed by atoms with Crippen LogP contribution in [0, 0.1) is 6.92 Å². The largest absolute Gasteiger partial charge is 0.365 e. The van der Waals surface area contributed by atoms with Crippen molar-refractivity contribution in [1.82, 2.24) is 9.88 Å². The molecule has 4 nitrogen and oxygen atoms in total. The van der Waals surface area contributed by atoms with Gasteiger partial charge in [0.2, 0.25) is 0 Å². The van der Waals surface area contributed by atoms with E-state index >= 15 is 0 Å². The van der Waals surface area contributed by atoms with Crippen molar-refractivity contribution in [3.05, 3.63) is 35.5 Å². The van der Waals surface area contributed by atoms with Crippen molar-refractivity contribution < 1.29 is 4.79 Å². The van der Waals surface area contributed by atoms with Crippen LogP contribution in [0.1, 0.15) is 48.2 Å². The number of thiazole rings is 1. The molecule has 0 atom stereocenters. The van der Waals surface area contributed by atoms with Crippen molar-refractivity contribution in [2.24, 2.45) is 0 Å². The van der Waals surface area contributed by atoms with Gasteiger partial charge < -0.3 is 10.2 Å². The number of anilines is 1. The van der Waals surface area contributed by atoms with E-state index in [4.69, 9.17) is 0 Å². The molecule has 1 aromatic heterocycles. The zero-order valence-corrected chi connectivity index (χ0v) is 15.3. The average molecular weight is 343 g/mol. The minimum atomic E-state index is 0.167. The fourth-order valence-corrected chi connectivity index (χ4v) is 4.09. The highest BCUT2D eigenvalue weighted by molar-refractivity contribution is 7.19. The maximum atomic E-state index is 12.7. The first-order valence-corrected chi connectivity index (χ1v) is 9.55. The molecule has 1 N–H and O–H groups in total. The maximum absolute atomic E-state index is 12.7. The van der Waals surface area contributed by atoms with E-state index < -0.39 is 0 Å². The summed E-state index contributed by atoms with van der Waals surface area (Å²) in [6.45, 7) is 3.80. The summed E-state index contributed by atoms with van der Waals surface area (Å²) in [7, 11) is 1.88. The van der Waals surface area contributed by atoms with Gasteiger partial charge in [-0.1, -0.05) is 42.7 Å². The zero-order chi connectivity index (χ0) is 16.9. The first-order valence-electron chi connectivity index (χ1n) is 8.74. The number of nitrogens with zero attached hydrogens (tertiary/aromatic N) is 2. The molecule has 1 aliphatic heterocycles. The minimum Gasteiger partial charge on any atom is -0.365 e. The fraction of sp³-hybridized carbons (Fsp3) is 0.474. The smallest absolute Gasteiger partial charge is 0.253 e. The highest BCUT2D eigenvalue weighted by atomic mass is 32.1. The molecule has 0 saturated carbocycles. The Morgan fingerprint density at radius 3 is 2.29 bits per heavy atom. The molecule has 0 spiro atoms. The summed E-state index contributed by atoms with van der Waals surface area (Å²) in [5.41, 5.74) is 2.93. The minimum absolute atomic E-state index is 0.167. The van der Waals surface area contributed by atoms with E-state index in [0.717, 1.165) is 52.8 Å². The number of amides is 1. The second-order valence-electron chi connectivity index (χ2n) is 6.32. The van der Waals surface area contributed by atoms with E-state index in [1.165, 1.54) is 19.3 Å². The van der Waals surface area contributed by atoms with E-state index in [1.54, 1.807) is 11.3 Å². The summed E-state index contributed by atoms with van der Waals surface area (Å²) in [5.74, 6) is 0.167. The van der Waals surface area contributed by atoms with Crippen LogP contribution in [-0.4, -0.2) is 35.9 Å². The summed E-state index contributed by atoms with van der Waals surface area (Å²) in [5, 5.41) is 4.01. The molecule has 5 heteroatoms. The van der Waals surface area contributed by atoms with Crippen LogP contribution in [0.5, 0.6) is 0 Å². The summed E-state index contributed by atoms with van der Waals surface area (Å²) in [6, 6.07) is 7.98. The SMILES string of the molecule is CNc1nc(C)c(-c2ccc(C(=O)N3CCCCCCC3)cc2)s1. The van der Waals surface area contributed by atoms with Crippen molar-refractivity contribution >= 4 is 22.4 Å². The normalized spacial score (nSPS) is 15.7. The molecular formula is C19H25N3OS. The van der Waals surface area contributed by atoms with Crippen LogP contribution in [0.25, 0.3) is 10.4 Å². The Bertz CT molecular complexity index is 685. The molecule has 1 fully saturated rings. The number of aryl methyl sites for hydroxylation is 1. The standard InChI is InChI=1S/C19H25N3OS/c1-14-17(24-19(20-2)21-14)15-8-10-16(11-9-15)18(23)22-12-6-4-3-5-7-13-22/h8-11H,3-7,12-13H2,1-2H3,(H,20,21). The van der Waals surface area contributed by atoms with Crippen LogP contribution in [0.15, 0.2) is 24.3 Å². The molecule has 1 amide bonds. The van der Waals surface area contributed by atoms with Gasteiger partial charge in [-0.25, -0.2) is 4.98 Å². The summed E-state index contributed by atoms with van der Waals surface area (Å²) in [6.07, 6.45) is 6.02. The molecule has 0 radical (unpaired) electrons. The van der Waals surface area contributed by atoms with E-state index in [2.05, 4.69) is 10.3 Å². The zero-order valence-electron chi connectivity index (χ0n) is 14.5. The quantitative estimate of drug-likeness (QED) is 0.888. The van der Waals surface area contributed by atoms with Gasteiger partial charge in [0.25, 0.3) is 5.91 Å². The van der Waals surface area contributed by atoms with Crippen LogP contribution in [-0.2, 0) is 0 Å². The van der Waals surface area contributed by atoms with Crippen LogP contribution in [0.3, 0.4) is 0 Å². The second kappa shape index (κ2) is 7.79. The number of hydrogen-bond acceptors (Lipinski definition) is 4. The van der Waals surface area contributed by atoms with Crippen molar-refractivity contribution in [3.63, 3.8) is 0 Å². The number of carbonyl (C=O) groups excluding carboxylic acids is 1. The molecule has 0 aliphatic carbocycles. The van der Waals surface area contributed by atoms with Gasteiger partial charge >= 0.3 is 0 Å². The number of aromatic nitrogens is 1. The molecule has 3 rings (SSSR count). The predicted octanol–water partition coefficient (Wildman–Crippen LogP) is 4.57. The molecule has 1 aliphatic rings. The molecule has 1 saturated heterocycles. The van der Waals surface area contributed by atoms with Gasteiger partial charge in [0, 0.05) is 25.7 Å². The summed E-state index contributed by atoms with van der Waals surface area (Å²) in [4.78, 5) is 20.4. The lowest BCUT2D eigenvalue weighted by Crippen LogP contribution is -2.33. The lowest BCUT2D eigenvalue weighted by atomic mass is 10.1. The number of carbonyl (C=O) groups is 1. The second-order valence-corrected chi connectivity index (χ2v) is 7.32. The molecule has 2 heterocycles. The van der Waals surface area contributed by atoms with Crippen LogP contribution in [0.4, 0.5) is 5.13 Å². The number of hydrogen-bond donors (Lipinski definition) is 1. The van der Waals surface area contributed by atoms with Gasteiger partial charge in [0.1, 0.15) is 0 Å². The number of rotatable bonds is 3. The molecule has 24 heavy (non-hydrogen) atoms. The average Bonchev–Trinajstić information content (AvgIpc) is 2.95. The fourth-order valence-electron chi connectivity index (χ4n) is 3.17. The number of nitrogens with one attached hydrogen (secondary N) is 1. The molecule has 0 unspecified atom stereocenters. The van der Waals surface area contributed by atoms with E-state index in [0.29, 0.717) is 0 Å². The topological polar surface area (TPSA) is 45.2 Å². The molecule has 2 aromatic rings. The predicted molar refractivity (Wildman–Crippen MR) is 101 cm³/mol. The third kappa shape index (κ3) is 3.78. The van der Waals surface area contributed by atoms with Gasteiger partial charge in [-0.2, -0.15) is 0 Å². The maximum Gasteiger partial charge on any atom is 0.253 e. The third-order valence-corrected chi connectivity index (χ3v) is 5.77. The van der Waals surface area contributed by atoms with E-state index in [1.807, 2.05) is 43.1 Å². The van der Waals surface area contributed by atoms with Crippen LogP contribution in [0.2, 0.25) is 0 Å². The molecule has 0 bridgehead atoms. The van der Waals surface area contributed by atoms with Crippen LogP contribution < -0.4 is 5.32 Å². The van der Waals surface area contributed by atoms with E-state index in [-0.39, 0.29) is 5.91 Å². The first kappa shape index (κ1) is 17.0. The summed E-state index contributed by atoms with van der Waals surface area (Å²) < 4.78 is 0. The highest BCUT2D eigenvalue weighted by Crippen LogP contribution is 2.32. The Labute approximate surface area is 147 Å². The molecule has 1 aromatic carbocycles. The van der Waals surface area contributed by atoms with E-state index in [9.17, 15) is 4.79 Å². The Balaban J connectivity index is 1.75.